The van der Waals surface area contributed by atoms with E-state index in [9.17, 15) is 4.79 Å². The standard InChI is InChI=1S/C14H14O3/c1-3-5-8-11(4-2)17-13-10-7-6-9-12(13)14(15)16/h3-10H,2H2,1H3,(H,15,16)/b5-3-,11-8+. The zero-order valence-corrected chi connectivity index (χ0v) is 9.59. The summed E-state index contributed by atoms with van der Waals surface area (Å²) in [7, 11) is 0. The molecule has 0 aromatic heterocycles. The predicted molar refractivity (Wildman–Crippen MR) is 67.1 cm³/mol. The molecule has 0 aliphatic rings. The van der Waals surface area contributed by atoms with E-state index in [1.165, 1.54) is 12.1 Å². The highest BCUT2D eigenvalue weighted by molar-refractivity contribution is 5.90. The van der Waals surface area contributed by atoms with Crippen molar-refractivity contribution in [1.82, 2.24) is 0 Å². The molecule has 1 rings (SSSR count). The number of ether oxygens (including phenoxy) is 1. The number of carbonyl (C=O) groups is 1. The normalized spacial score (nSPS) is 11.5. The van der Waals surface area contributed by atoms with E-state index >= 15 is 0 Å². The predicted octanol–water partition coefficient (Wildman–Crippen LogP) is 3.41. The van der Waals surface area contributed by atoms with Crippen LogP contribution >= 0.6 is 0 Å². The molecule has 3 nitrogen and oxygen atoms in total. The Balaban J connectivity index is 3.01. The summed E-state index contributed by atoms with van der Waals surface area (Å²) < 4.78 is 5.47. The zero-order valence-electron chi connectivity index (χ0n) is 9.59. The van der Waals surface area contributed by atoms with Crippen molar-refractivity contribution < 1.29 is 14.6 Å². The Labute approximate surface area is 100 Å². The van der Waals surface area contributed by atoms with Gasteiger partial charge in [-0.25, -0.2) is 4.79 Å². The molecule has 0 amide bonds. The van der Waals surface area contributed by atoms with Crippen LogP contribution in [0.2, 0.25) is 0 Å². The van der Waals surface area contributed by atoms with Gasteiger partial charge >= 0.3 is 5.97 Å². The molecular weight excluding hydrogens is 216 g/mol. The van der Waals surface area contributed by atoms with E-state index < -0.39 is 5.97 Å². The monoisotopic (exact) mass is 230 g/mol. The minimum Gasteiger partial charge on any atom is -0.478 e. The van der Waals surface area contributed by atoms with Crippen molar-refractivity contribution in [2.24, 2.45) is 0 Å². The maximum atomic E-state index is 11.0. The fraction of sp³-hybridized carbons (Fsp3) is 0.0714. The van der Waals surface area contributed by atoms with Crippen LogP contribution in [0.1, 0.15) is 17.3 Å². The summed E-state index contributed by atoms with van der Waals surface area (Å²) in [5, 5.41) is 8.99. The molecule has 0 atom stereocenters. The Morgan fingerprint density at radius 1 is 1.41 bits per heavy atom. The van der Waals surface area contributed by atoms with E-state index in [1.807, 2.05) is 13.0 Å². The van der Waals surface area contributed by atoms with Crippen molar-refractivity contribution in [2.75, 3.05) is 0 Å². The minimum absolute atomic E-state index is 0.126. The van der Waals surface area contributed by atoms with Gasteiger partial charge in [0.05, 0.1) is 0 Å². The van der Waals surface area contributed by atoms with E-state index in [4.69, 9.17) is 9.84 Å². The summed E-state index contributed by atoms with van der Waals surface area (Å²) in [6.45, 7) is 5.49. The molecule has 0 aliphatic carbocycles. The summed E-state index contributed by atoms with van der Waals surface area (Å²) in [5.74, 6) is -0.220. The zero-order chi connectivity index (χ0) is 12.7. The first-order chi connectivity index (χ1) is 8.19. The van der Waals surface area contributed by atoms with E-state index in [2.05, 4.69) is 6.58 Å². The molecule has 0 unspecified atom stereocenters. The van der Waals surface area contributed by atoms with E-state index in [0.717, 1.165) is 0 Å². The van der Waals surface area contributed by atoms with Crippen molar-refractivity contribution >= 4 is 5.97 Å². The molecule has 17 heavy (non-hydrogen) atoms. The SMILES string of the molecule is C=C/C(=C\C=C/C)Oc1ccccc1C(=O)O. The van der Waals surface area contributed by atoms with Crippen LogP contribution in [0.25, 0.3) is 0 Å². The first kappa shape index (κ1) is 12.8. The maximum Gasteiger partial charge on any atom is 0.339 e. The van der Waals surface area contributed by atoms with Crippen molar-refractivity contribution in [1.29, 1.82) is 0 Å². The molecule has 3 heteroatoms. The third kappa shape index (κ3) is 3.65. The lowest BCUT2D eigenvalue weighted by molar-refractivity contribution is 0.0694. The molecule has 0 heterocycles. The van der Waals surface area contributed by atoms with Gasteiger partial charge in [-0.2, -0.15) is 0 Å². The van der Waals surface area contributed by atoms with Crippen molar-refractivity contribution in [2.45, 2.75) is 6.92 Å². The molecule has 1 N–H and O–H groups in total. The molecule has 0 aliphatic heterocycles. The second-order valence-electron chi connectivity index (χ2n) is 3.20. The summed E-state index contributed by atoms with van der Waals surface area (Å²) in [6.07, 6.45) is 6.88. The molecule has 0 saturated heterocycles. The summed E-state index contributed by atoms with van der Waals surface area (Å²) >= 11 is 0. The first-order valence-corrected chi connectivity index (χ1v) is 5.14. The van der Waals surface area contributed by atoms with Crippen LogP contribution in [0.4, 0.5) is 0 Å². The van der Waals surface area contributed by atoms with Crippen LogP contribution in [0.3, 0.4) is 0 Å². The lowest BCUT2D eigenvalue weighted by atomic mass is 10.2. The molecule has 0 saturated carbocycles. The molecule has 0 fully saturated rings. The first-order valence-electron chi connectivity index (χ1n) is 5.14. The second-order valence-corrected chi connectivity index (χ2v) is 3.20. The highest BCUT2D eigenvalue weighted by Crippen LogP contribution is 2.20. The lowest BCUT2D eigenvalue weighted by Gasteiger charge is -2.08. The fourth-order valence-corrected chi connectivity index (χ4v) is 1.19. The average molecular weight is 230 g/mol. The van der Waals surface area contributed by atoms with Gasteiger partial charge in [-0.15, -0.1) is 0 Å². The van der Waals surface area contributed by atoms with E-state index in [-0.39, 0.29) is 5.56 Å². The smallest absolute Gasteiger partial charge is 0.339 e. The van der Waals surface area contributed by atoms with Crippen LogP contribution in [0, 0.1) is 0 Å². The Morgan fingerprint density at radius 2 is 2.12 bits per heavy atom. The van der Waals surface area contributed by atoms with Gasteiger partial charge in [-0.1, -0.05) is 30.9 Å². The van der Waals surface area contributed by atoms with Gasteiger partial charge < -0.3 is 9.84 Å². The number of carboxylic acids is 1. The Morgan fingerprint density at radius 3 is 2.71 bits per heavy atom. The third-order valence-electron chi connectivity index (χ3n) is 2.00. The van der Waals surface area contributed by atoms with Crippen LogP contribution in [0.15, 0.2) is 60.9 Å². The molecule has 0 bridgehead atoms. The van der Waals surface area contributed by atoms with Gasteiger partial charge in [0.2, 0.25) is 0 Å². The molecule has 88 valence electrons. The van der Waals surface area contributed by atoms with Crippen LogP contribution in [-0.4, -0.2) is 11.1 Å². The molecule has 0 radical (unpaired) electrons. The van der Waals surface area contributed by atoms with Crippen molar-refractivity contribution in [3.63, 3.8) is 0 Å². The summed E-state index contributed by atoms with van der Waals surface area (Å²) in [5.41, 5.74) is 0.126. The number of hydrogen-bond acceptors (Lipinski definition) is 2. The lowest BCUT2D eigenvalue weighted by Crippen LogP contribution is -2.01. The second kappa shape index (κ2) is 6.33. The number of rotatable bonds is 5. The molecule has 1 aromatic carbocycles. The average Bonchev–Trinajstić information content (AvgIpc) is 2.34. The van der Waals surface area contributed by atoms with Crippen LogP contribution in [0.5, 0.6) is 5.75 Å². The van der Waals surface area contributed by atoms with Crippen molar-refractivity contribution in [3.05, 3.63) is 66.5 Å². The van der Waals surface area contributed by atoms with Crippen molar-refractivity contribution in [3.8, 4) is 5.75 Å². The Bertz CT molecular complexity index is 470. The van der Waals surface area contributed by atoms with Gasteiger partial charge in [0, 0.05) is 0 Å². The van der Waals surface area contributed by atoms with Gasteiger partial charge in [-0.05, 0) is 31.2 Å². The Hall–Kier alpha value is -2.29. The number of allylic oxidation sites excluding steroid dienone is 4. The number of benzene rings is 1. The molecule has 0 spiro atoms. The maximum absolute atomic E-state index is 11.0. The fourth-order valence-electron chi connectivity index (χ4n) is 1.19. The van der Waals surface area contributed by atoms with E-state index in [0.29, 0.717) is 11.5 Å². The largest absolute Gasteiger partial charge is 0.478 e. The van der Waals surface area contributed by atoms with E-state index in [1.54, 1.807) is 30.4 Å². The van der Waals surface area contributed by atoms with Gasteiger partial charge in [0.1, 0.15) is 17.1 Å². The number of aromatic carboxylic acids is 1. The quantitative estimate of drug-likeness (QED) is 0.622. The minimum atomic E-state index is -1.02. The molecule has 1 aromatic rings. The summed E-state index contributed by atoms with van der Waals surface area (Å²) in [6, 6.07) is 6.47. The highest BCUT2D eigenvalue weighted by atomic mass is 16.5. The third-order valence-corrected chi connectivity index (χ3v) is 2.00. The number of hydrogen-bond donors (Lipinski definition) is 1. The van der Waals surface area contributed by atoms with Crippen LogP contribution < -0.4 is 4.74 Å². The van der Waals surface area contributed by atoms with Crippen LogP contribution in [-0.2, 0) is 0 Å². The topological polar surface area (TPSA) is 46.5 Å². The Kier molecular flexibility index (Phi) is 4.76. The van der Waals surface area contributed by atoms with Gasteiger partial charge in [-0.3, -0.25) is 0 Å². The number of para-hydroxylation sites is 1. The van der Waals surface area contributed by atoms with Gasteiger partial charge in [0.15, 0.2) is 0 Å². The van der Waals surface area contributed by atoms with Gasteiger partial charge in [0.25, 0.3) is 0 Å². The summed E-state index contributed by atoms with van der Waals surface area (Å²) in [4.78, 5) is 11.0. The molecular formula is C14H14O3. The number of carboxylic acid groups (broad SMARTS) is 1. The highest BCUT2D eigenvalue weighted by Gasteiger charge is 2.10.